The van der Waals surface area contributed by atoms with Crippen LogP contribution in [0.25, 0.3) is 5.65 Å². The van der Waals surface area contributed by atoms with E-state index in [-0.39, 0.29) is 23.0 Å². The van der Waals surface area contributed by atoms with E-state index < -0.39 is 0 Å². The zero-order chi connectivity index (χ0) is 17.2. The first kappa shape index (κ1) is 16.1. The maximum atomic E-state index is 13.7. The molecule has 0 amide bonds. The van der Waals surface area contributed by atoms with E-state index in [4.69, 9.17) is 4.74 Å². The Balaban J connectivity index is 1.75. The second kappa shape index (κ2) is 6.38. The number of hydrogen-bond donors (Lipinski definition) is 1. The molecule has 2 heterocycles. The van der Waals surface area contributed by atoms with Gasteiger partial charge >= 0.3 is 0 Å². The molecule has 0 bridgehead atoms. The van der Waals surface area contributed by atoms with Crippen molar-refractivity contribution in [3.05, 3.63) is 42.2 Å². The molecule has 8 heteroatoms. The Labute approximate surface area is 138 Å². The summed E-state index contributed by atoms with van der Waals surface area (Å²) in [6.45, 7) is 6.51. The standard InChI is InChI=1S/C16H19FN6O/c1-16(2,3)13(10-24-12-7-5-4-6-11(12)17)18-14-8-9-15-19-21-22-23(15)20-14/h4-9,13H,10H2,1-3H3,(H,18,20)/t13-/m1/s1. The molecule has 126 valence electrons. The van der Waals surface area contributed by atoms with Crippen molar-refractivity contribution in [2.75, 3.05) is 11.9 Å². The fourth-order valence-electron chi connectivity index (χ4n) is 2.15. The quantitative estimate of drug-likeness (QED) is 0.775. The molecule has 0 unspecified atom stereocenters. The number of tetrazole rings is 1. The molecule has 0 aliphatic rings. The fraction of sp³-hybridized carbons (Fsp3) is 0.375. The van der Waals surface area contributed by atoms with Gasteiger partial charge in [0.2, 0.25) is 0 Å². The second-order valence-corrected chi connectivity index (χ2v) is 6.55. The number of nitrogens with zero attached hydrogens (tertiary/aromatic N) is 5. The molecule has 7 nitrogen and oxygen atoms in total. The summed E-state index contributed by atoms with van der Waals surface area (Å²) in [6.07, 6.45) is 0. The van der Waals surface area contributed by atoms with Crippen LogP contribution >= 0.6 is 0 Å². The maximum Gasteiger partial charge on any atom is 0.200 e. The van der Waals surface area contributed by atoms with E-state index in [1.54, 1.807) is 30.3 Å². The van der Waals surface area contributed by atoms with E-state index in [9.17, 15) is 4.39 Å². The molecule has 2 aromatic heterocycles. The molecule has 0 saturated carbocycles. The van der Waals surface area contributed by atoms with Crippen LogP contribution in [-0.2, 0) is 0 Å². The van der Waals surface area contributed by atoms with Crippen LogP contribution in [0.15, 0.2) is 36.4 Å². The Hall–Kier alpha value is -2.77. The number of nitrogens with one attached hydrogen (secondary N) is 1. The molecule has 0 saturated heterocycles. The third-order valence-corrected chi connectivity index (χ3v) is 3.68. The molecular weight excluding hydrogens is 311 g/mol. The minimum absolute atomic E-state index is 0.0986. The van der Waals surface area contributed by atoms with E-state index in [1.165, 1.54) is 10.7 Å². The molecule has 0 aliphatic carbocycles. The summed E-state index contributed by atoms with van der Waals surface area (Å²) in [7, 11) is 0. The third-order valence-electron chi connectivity index (χ3n) is 3.68. The van der Waals surface area contributed by atoms with E-state index in [2.05, 4.69) is 46.7 Å². The number of halogens is 1. The Morgan fingerprint density at radius 2 is 2.00 bits per heavy atom. The molecule has 1 aromatic carbocycles. The van der Waals surface area contributed by atoms with Crippen LogP contribution in [0.5, 0.6) is 5.75 Å². The number of hydrogen-bond acceptors (Lipinski definition) is 6. The Bertz CT molecular complexity index is 829. The van der Waals surface area contributed by atoms with Gasteiger partial charge in [-0.05, 0) is 40.1 Å². The Morgan fingerprint density at radius 3 is 2.75 bits per heavy atom. The number of ether oxygens (including phenoxy) is 1. The highest BCUT2D eigenvalue weighted by Crippen LogP contribution is 2.24. The van der Waals surface area contributed by atoms with Gasteiger partial charge in [0.1, 0.15) is 12.4 Å². The largest absolute Gasteiger partial charge is 0.488 e. The van der Waals surface area contributed by atoms with Gasteiger partial charge in [0.15, 0.2) is 17.2 Å². The van der Waals surface area contributed by atoms with Crippen molar-refractivity contribution in [3.8, 4) is 5.75 Å². The molecule has 3 rings (SSSR count). The van der Waals surface area contributed by atoms with E-state index in [0.717, 1.165) is 0 Å². The van der Waals surface area contributed by atoms with Gasteiger partial charge < -0.3 is 10.1 Å². The van der Waals surface area contributed by atoms with Gasteiger partial charge in [-0.15, -0.1) is 14.8 Å². The van der Waals surface area contributed by atoms with Crippen LogP contribution in [0.3, 0.4) is 0 Å². The summed E-state index contributed by atoms with van der Waals surface area (Å²) in [5.74, 6) is 0.475. The lowest BCUT2D eigenvalue weighted by atomic mass is 9.87. The predicted molar refractivity (Wildman–Crippen MR) is 87.3 cm³/mol. The van der Waals surface area contributed by atoms with Gasteiger partial charge in [-0.2, -0.15) is 0 Å². The monoisotopic (exact) mass is 330 g/mol. The molecule has 1 N–H and O–H groups in total. The lowest BCUT2D eigenvalue weighted by Crippen LogP contribution is -2.39. The van der Waals surface area contributed by atoms with E-state index in [1.807, 2.05) is 0 Å². The maximum absolute atomic E-state index is 13.7. The molecule has 0 fully saturated rings. The normalized spacial score (nSPS) is 13.0. The number of aromatic nitrogens is 5. The van der Waals surface area contributed by atoms with Crippen molar-refractivity contribution < 1.29 is 9.13 Å². The molecule has 0 spiro atoms. The highest BCUT2D eigenvalue weighted by atomic mass is 19.1. The molecule has 24 heavy (non-hydrogen) atoms. The average Bonchev–Trinajstić information content (AvgIpc) is 2.99. The zero-order valence-electron chi connectivity index (χ0n) is 13.8. The van der Waals surface area contributed by atoms with Crippen molar-refractivity contribution in [3.63, 3.8) is 0 Å². The van der Waals surface area contributed by atoms with Gasteiger partial charge in [0, 0.05) is 0 Å². The fourth-order valence-corrected chi connectivity index (χ4v) is 2.15. The Kier molecular flexibility index (Phi) is 4.28. The number of rotatable bonds is 5. The first-order chi connectivity index (χ1) is 11.4. The number of benzene rings is 1. The molecule has 0 radical (unpaired) electrons. The van der Waals surface area contributed by atoms with Crippen LogP contribution in [0.2, 0.25) is 0 Å². The minimum Gasteiger partial charge on any atom is -0.488 e. The Morgan fingerprint density at radius 1 is 1.21 bits per heavy atom. The van der Waals surface area contributed by atoms with Crippen molar-refractivity contribution in [2.24, 2.45) is 5.41 Å². The third kappa shape index (κ3) is 3.58. The summed E-state index contributed by atoms with van der Waals surface area (Å²) in [4.78, 5) is 0. The van der Waals surface area contributed by atoms with Crippen LogP contribution < -0.4 is 10.1 Å². The zero-order valence-corrected chi connectivity index (χ0v) is 13.8. The summed E-state index contributed by atoms with van der Waals surface area (Å²) >= 11 is 0. The van der Waals surface area contributed by atoms with Crippen molar-refractivity contribution in [1.82, 2.24) is 25.3 Å². The summed E-state index contributed by atoms with van der Waals surface area (Å²) < 4.78 is 20.7. The smallest absolute Gasteiger partial charge is 0.200 e. The van der Waals surface area contributed by atoms with Gasteiger partial charge in [-0.25, -0.2) is 4.39 Å². The summed E-state index contributed by atoms with van der Waals surface area (Å²) in [6, 6.07) is 9.83. The first-order valence-corrected chi connectivity index (χ1v) is 7.63. The highest BCUT2D eigenvalue weighted by molar-refractivity contribution is 5.43. The van der Waals surface area contributed by atoms with Gasteiger partial charge in [-0.3, -0.25) is 0 Å². The van der Waals surface area contributed by atoms with Crippen LogP contribution in [0.1, 0.15) is 20.8 Å². The average molecular weight is 330 g/mol. The number of anilines is 1. The topological polar surface area (TPSA) is 77.2 Å². The van der Waals surface area contributed by atoms with Gasteiger partial charge in [0.05, 0.1) is 6.04 Å². The molecule has 1 atom stereocenters. The second-order valence-electron chi connectivity index (χ2n) is 6.55. The number of fused-ring (bicyclic) bond motifs is 1. The molecular formula is C16H19FN6O. The van der Waals surface area contributed by atoms with Gasteiger partial charge in [0.25, 0.3) is 0 Å². The lowest BCUT2D eigenvalue weighted by molar-refractivity contribution is 0.212. The number of para-hydroxylation sites is 1. The van der Waals surface area contributed by atoms with Crippen molar-refractivity contribution in [2.45, 2.75) is 26.8 Å². The van der Waals surface area contributed by atoms with Crippen molar-refractivity contribution >= 4 is 11.5 Å². The van der Waals surface area contributed by atoms with Crippen LogP contribution in [0.4, 0.5) is 10.2 Å². The van der Waals surface area contributed by atoms with Crippen molar-refractivity contribution in [1.29, 1.82) is 0 Å². The van der Waals surface area contributed by atoms with Crippen LogP contribution in [0, 0.1) is 11.2 Å². The highest BCUT2D eigenvalue weighted by Gasteiger charge is 2.26. The summed E-state index contributed by atoms with van der Waals surface area (Å²) in [5.41, 5.74) is 0.429. The molecule has 0 aliphatic heterocycles. The predicted octanol–water partition coefficient (Wildman–Crippen LogP) is 2.56. The summed E-state index contributed by atoms with van der Waals surface area (Å²) in [5, 5.41) is 18.8. The molecule has 3 aromatic rings. The SMILES string of the molecule is CC(C)(C)[C@@H](COc1ccccc1F)Nc1ccc2nnnn2n1. The minimum atomic E-state index is -0.376. The van der Waals surface area contributed by atoms with E-state index >= 15 is 0 Å². The first-order valence-electron chi connectivity index (χ1n) is 7.63. The van der Waals surface area contributed by atoms with E-state index in [0.29, 0.717) is 18.1 Å². The van der Waals surface area contributed by atoms with Gasteiger partial charge in [-0.1, -0.05) is 32.9 Å². The lowest BCUT2D eigenvalue weighted by Gasteiger charge is -2.31. The van der Waals surface area contributed by atoms with Crippen LogP contribution in [-0.4, -0.2) is 37.9 Å².